The van der Waals surface area contributed by atoms with E-state index in [4.69, 9.17) is 4.98 Å². The van der Waals surface area contributed by atoms with E-state index < -0.39 is 0 Å². The van der Waals surface area contributed by atoms with Gasteiger partial charge in [-0.1, -0.05) is 30.3 Å². The zero-order valence-corrected chi connectivity index (χ0v) is 16.2. The van der Waals surface area contributed by atoms with Gasteiger partial charge in [-0.25, -0.2) is 15.0 Å². The SMILES string of the molecule is CC(C)Nc1cc(Nc2cc(NC(C)C)nc(-c3ccccc3)n2)ccn1. The molecule has 0 bridgehead atoms. The van der Waals surface area contributed by atoms with Crippen LogP contribution in [0.5, 0.6) is 0 Å². The minimum absolute atomic E-state index is 0.277. The molecule has 0 atom stereocenters. The number of rotatable bonds is 7. The molecular weight excluding hydrogens is 336 g/mol. The lowest BCUT2D eigenvalue weighted by Crippen LogP contribution is -2.12. The van der Waals surface area contributed by atoms with Gasteiger partial charge in [-0.3, -0.25) is 0 Å². The monoisotopic (exact) mass is 362 g/mol. The first-order chi connectivity index (χ1) is 13.0. The van der Waals surface area contributed by atoms with Gasteiger partial charge < -0.3 is 16.0 Å². The molecule has 0 aliphatic rings. The smallest absolute Gasteiger partial charge is 0.163 e. The highest BCUT2D eigenvalue weighted by Gasteiger charge is 2.09. The molecule has 6 heteroatoms. The van der Waals surface area contributed by atoms with Crippen LogP contribution >= 0.6 is 0 Å². The van der Waals surface area contributed by atoms with Gasteiger partial charge in [-0.15, -0.1) is 0 Å². The molecule has 0 aliphatic heterocycles. The number of benzene rings is 1. The van der Waals surface area contributed by atoms with Crippen LogP contribution in [0.2, 0.25) is 0 Å². The highest BCUT2D eigenvalue weighted by molar-refractivity contribution is 5.66. The molecule has 2 aromatic heterocycles. The largest absolute Gasteiger partial charge is 0.368 e. The molecule has 6 nitrogen and oxygen atoms in total. The fourth-order valence-electron chi connectivity index (χ4n) is 2.63. The van der Waals surface area contributed by atoms with Crippen molar-refractivity contribution in [2.75, 3.05) is 16.0 Å². The molecule has 2 heterocycles. The molecule has 140 valence electrons. The number of nitrogens with one attached hydrogen (secondary N) is 3. The van der Waals surface area contributed by atoms with E-state index in [0.717, 1.165) is 28.7 Å². The van der Waals surface area contributed by atoms with Crippen molar-refractivity contribution < 1.29 is 0 Å². The summed E-state index contributed by atoms with van der Waals surface area (Å²) >= 11 is 0. The van der Waals surface area contributed by atoms with Crippen molar-refractivity contribution in [1.82, 2.24) is 15.0 Å². The quantitative estimate of drug-likeness (QED) is 0.554. The first-order valence-electron chi connectivity index (χ1n) is 9.20. The molecule has 0 amide bonds. The lowest BCUT2D eigenvalue weighted by Gasteiger charge is -2.14. The van der Waals surface area contributed by atoms with Crippen molar-refractivity contribution >= 4 is 23.1 Å². The highest BCUT2D eigenvalue weighted by Crippen LogP contribution is 2.24. The lowest BCUT2D eigenvalue weighted by atomic mass is 10.2. The van der Waals surface area contributed by atoms with Gasteiger partial charge in [0.15, 0.2) is 5.82 Å². The average molecular weight is 362 g/mol. The maximum atomic E-state index is 4.69. The molecule has 0 fully saturated rings. The fraction of sp³-hybridized carbons (Fsp3) is 0.286. The second-order valence-corrected chi connectivity index (χ2v) is 6.98. The third-order valence-electron chi connectivity index (χ3n) is 3.66. The Hall–Kier alpha value is -3.15. The van der Waals surface area contributed by atoms with Gasteiger partial charge in [0.2, 0.25) is 0 Å². The third kappa shape index (κ3) is 5.41. The van der Waals surface area contributed by atoms with E-state index in [1.807, 2.05) is 48.5 Å². The number of hydrogen-bond acceptors (Lipinski definition) is 6. The minimum Gasteiger partial charge on any atom is -0.368 e. The maximum absolute atomic E-state index is 4.69. The molecule has 0 unspecified atom stereocenters. The van der Waals surface area contributed by atoms with Gasteiger partial charge in [0.05, 0.1) is 0 Å². The van der Waals surface area contributed by atoms with Gasteiger partial charge in [0.1, 0.15) is 17.5 Å². The van der Waals surface area contributed by atoms with E-state index in [1.54, 1.807) is 6.20 Å². The molecular formula is C21H26N6. The highest BCUT2D eigenvalue weighted by atomic mass is 15.1. The molecule has 1 aromatic carbocycles. The van der Waals surface area contributed by atoms with E-state index >= 15 is 0 Å². The van der Waals surface area contributed by atoms with Gasteiger partial charge in [0, 0.05) is 41.7 Å². The number of anilines is 4. The predicted molar refractivity (Wildman–Crippen MR) is 113 cm³/mol. The van der Waals surface area contributed by atoms with Crippen LogP contribution < -0.4 is 16.0 Å². The van der Waals surface area contributed by atoms with Crippen LogP contribution in [-0.4, -0.2) is 27.0 Å². The summed E-state index contributed by atoms with van der Waals surface area (Å²) < 4.78 is 0. The van der Waals surface area contributed by atoms with E-state index in [2.05, 4.69) is 53.6 Å². The van der Waals surface area contributed by atoms with Gasteiger partial charge in [-0.2, -0.15) is 0 Å². The predicted octanol–water partition coefficient (Wildman–Crippen LogP) is 4.92. The second-order valence-electron chi connectivity index (χ2n) is 6.98. The van der Waals surface area contributed by atoms with Crippen LogP contribution in [0.15, 0.2) is 54.7 Å². The van der Waals surface area contributed by atoms with Crippen LogP contribution in [0.25, 0.3) is 11.4 Å². The standard InChI is InChI=1S/C21H26N6/c1-14(2)23-18-12-17(10-11-22-18)25-20-13-19(24-15(3)4)26-21(27-20)16-8-6-5-7-9-16/h5-15H,1-4H3,(H3,22,23,24,25,26,27). The van der Waals surface area contributed by atoms with Crippen LogP contribution in [0.1, 0.15) is 27.7 Å². The van der Waals surface area contributed by atoms with Gasteiger partial charge in [-0.05, 0) is 33.8 Å². The van der Waals surface area contributed by atoms with Crippen molar-refractivity contribution in [3.8, 4) is 11.4 Å². The Morgan fingerprint density at radius 3 is 2.11 bits per heavy atom. The van der Waals surface area contributed by atoms with Crippen LogP contribution in [0.4, 0.5) is 23.1 Å². The van der Waals surface area contributed by atoms with Crippen molar-refractivity contribution in [3.05, 3.63) is 54.7 Å². The average Bonchev–Trinajstić information content (AvgIpc) is 2.61. The number of nitrogens with zero attached hydrogens (tertiary/aromatic N) is 3. The van der Waals surface area contributed by atoms with E-state index in [0.29, 0.717) is 11.9 Å². The minimum atomic E-state index is 0.277. The Morgan fingerprint density at radius 2 is 1.41 bits per heavy atom. The van der Waals surface area contributed by atoms with Crippen molar-refractivity contribution in [1.29, 1.82) is 0 Å². The summed E-state index contributed by atoms with van der Waals surface area (Å²) in [6.07, 6.45) is 1.78. The fourth-order valence-corrected chi connectivity index (χ4v) is 2.63. The van der Waals surface area contributed by atoms with Crippen molar-refractivity contribution in [2.45, 2.75) is 39.8 Å². The van der Waals surface area contributed by atoms with Crippen molar-refractivity contribution in [3.63, 3.8) is 0 Å². The van der Waals surface area contributed by atoms with Crippen LogP contribution in [0, 0.1) is 0 Å². The van der Waals surface area contributed by atoms with Crippen molar-refractivity contribution in [2.24, 2.45) is 0 Å². The Kier molecular flexibility index (Phi) is 5.86. The lowest BCUT2D eigenvalue weighted by molar-refractivity contribution is 0.887. The van der Waals surface area contributed by atoms with Crippen LogP contribution in [0.3, 0.4) is 0 Å². The Bertz CT molecular complexity index is 877. The topological polar surface area (TPSA) is 74.8 Å². The number of hydrogen-bond donors (Lipinski definition) is 3. The number of pyridine rings is 1. The first kappa shape index (κ1) is 18.6. The molecule has 27 heavy (non-hydrogen) atoms. The molecule has 3 aromatic rings. The summed E-state index contributed by atoms with van der Waals surface area (Å²) in [5.74, 6) is 3.02. The molecule has 0 saturated carbocycles. The maximum Gasteiger partial charge on any atom is 0.163 e. The molecule has 0 aliphatic carbocycles. The summed E-state index contributed by atoms with van der Waals surface area (Å²) in [5.41, 5.74) is 1.89. The van der Waals surface area contributed by atoms with E-state index in [-0.39, 0.29) is 6.04 Å². The summed E-state index contributed by atoms with van der Waals surface area (Å²) in [7, 11) is 0. The Balaban J connectivity index is 1.92. The van der Waals surface area contributed by atoms with Gasteiger partial charge >= 0.3 is 0 Å². The summed E-state index contributed by atoms with van der Waals surface area (Å²) in [6, 6.07) is 16.4. The Labute approximate surface area is 160 Å². The first-order valence-corrected chi connectivity index (χ1v) is 9.20. The summed E-state index contributed by atoms with van der Waals surface area (Å²) in [6.45, 7) is 8.35. The Morgan fingerprint density at radius 1 is 0.741 bits per heavy atom. The van der Waals surface area contributed by atoms with E-state index in [9.17, 15) is 0 Å². The third-order valence-corrected chi connectivity index (χ3v) is 3.66. The van der Waals surface area contributed by atoms with Crippen LogP contribution in [-0.2, 0) is 0 Å². The zero-order chi connectivity index (χ0) is 19.2. The summed E-state index contributed by atoms with van der Waals surface area (Å²) in [4.78, 5) is 13.7. The number of aromatic nitrogens is 3. The molecule has 0 saturated heterocycles. The molecule has 3 N–H and O–H groups in total. The second kappa shape index (κ2) is 8.49. The zero-order valence-electron chi connectivity index (χ0n) is 16.2. The normalized spacial score (nSPS) is 10.9. The molecule has 0 spiro atoms. The van der Waals surface area contributed by atoms with Gasteiger partial charge in [0.25, 0.3) is 0 Å². The molecule has 3 rings (SSSR count). The molecule has 0 radical (unpaired) electrons. The summed E-state index contributed by atoms with van der Waals surface area (Å²) in [5, 5.41) is 10.0. The van der Waals surface area contributed by atoms with E-state index in [1.165, 1.54) is 0 Å².